The Labute approximate surface area is 126 Å². The topological polar surface area (TPSA) is 79.3 Å². The second-order valence-electron chi connectivity index (χ2n) is 5.70. The molecule has 1 aromatic heterocycles. The number of nitrogens with one attached hydrogen (secondary N) is 1. The zero-order chi connectivity index (χ0) is 15.3. The maximum Gasteiger partial charge on any atom is 0.258 e. The van der Waals surface area contributed by atoms with Gasteiger partial charge in [0.1, 0.15) is 0 Å². The molecule has 2 N–H and O–H groups in total. The van der Waals surface area contributed by atoms with Crippen LogP contribution in [-0.2, 0) is 16.6 Å². The normalized spacial score (nSPS) is 18.6. The fourth-order valence-electron chi connectivity index (χ4n) is 2.97. The number of nitrogens with zero attached hydrogens (tertiary/aromatic N) is 1. The number of aromatic nitrogens is 1. The summed E-state index contributed by atoms with van der Waals surface area (Å²) < 4.78 is 27.6. The molecule has 1 fully saturated rings. The van der Waals surface area contributed by atoms with Crippen LogP contribution in [-0.4, -0.2) is 24.6 Å². The van der Waals surface area contributed by atoms with Crippen LogP contribution >= 0.6 is 0 Å². The Morgan fingerprint density at radius 3 is 2.57 bits per heavy atom. The van der Waals surface area contributed by atoms with Crippen molar-refractivity contribution in [1.29, 1.82) is 0 Å². The van der Waals surface area contributed by atoms with Crippen LogP contribution in [0.4, 0.5) is 0 Å². The molecule has 118 valence electrons. The van der Waals surface area contributed by atoms with Crippen molar-refractivity contribution in [1.82, 2.24) is 9.71 Å². The Morgan fingerprint density at radius 1 is 1.33 bits per heavy atom. The van der Waals surface area contributed by atoms with Crippen LogP contribution in [0.3, 0.4) is 0 Å². The fourth-order valence-corrected chi connectivity index (χ4v) is 4.29. The van der Waals surface area contributed by atoms with E-state index in [2.05, 4.69) is 9.71 Å². The summed E-state index contributed by atoms with van der Waals surface area (Å²) in [7, 11) is -3.59. The van der Waals surface area contributed by atoms with Crippen LogP contribution in [0.1, 0.15) is 51.0 Å². The van der Waals surface area contributed by atoms with Crippen molar-refractivity contribution in [3.05, 3.63) is 23.9 Å². The molecule has 21 heavy (non-hydrogen) atoms. The molecule has 5 nitrogen and oxygen atoms in total. The lowest BCUT2D eigenvalue weighted by Crippen LogP contribution is -2.40. The average molecular weight is 312 g/mol. The van der Waals surface area contributed by atoms with Crippen molar-refractivity contribution >= 4 is 10.0 Å². The van der Waals surface area contributed by atoms with Crippen LogP contribution in [0.15, 0.2) is 23.4 Å². The van der Waals surface area contributed by atoms with Crippen LogP contribution in [0.2, 0.25) is 0 Å². The van der Waals surface area contributed by atoms with Crippen molar-refractivity contribution in [2.75, 3.05) is 0 Å². The van der Waals surface area contributed by atoms with Gasteiger partial charge in [0.15, 0.2) is 5.03 Å². The van der Waals surface area contributed by atoms with E-state index in [1.807, 2.05) is 6.92 Å². The Balaban J connectivity index is 2.10. The van der Waals surface area contributed by atoms with Gasteiger partial charge in [-0.25, -0.2) is 18.1 Å². The van der Waals surface area contributed by atoms with E-state index >= 15 is 0 Å². The first kappa shape index (κ1) is 16.4. The Kier molecular flexibility index (Phi) is 5.72. The summed E-state index contributed by atoms with van der Waals surface area (Å²) in [6, 6.07) is 3.01. The van der Waals surface area contributed by atoms with Gasteiger partial charge < -0.3 is 5.11 Å². The van der Waals surface area contributed by atoms with E-state index in [4.69, 9.17) is 5.11 Å². The van der Waals surface area contributed by atoms with Crippen LogP contribution in [0.25, 0.3) is 0 Å². The molecule has 6 heteroatoms. The summed E-state index contributed by atoms with van der Waals surface area (Å²) in [6.07, 6.45) is 8.01. The average Bonchev–Trinajstić information content (AvgIpc) is 2.53. The van der Waals surface area contributed by atoms with Crippen molar-refractivity contribution in [3.8, 4) is 0 Å². The molecule has 0 amide bonds. The minimum atomic E-state index is -3.59. The first-order valence-corrected chi connectivity index (χ1v) is 9.13. The van der Waals surface area contributed by atoms with E-state index in [-0.39, 0.29) is 17.7 Å². The van der Waals surface area contributed by atoms with Crippen molar-refractivity contribution in [2.24, 2.45) is 5.92 Å². The molecule has 1 aliphatic rings. The first-order valence-electron chi connectivity index (χ1n) is 7.65. The van der Waals surface area contributed by atoms with Gasteiger partial charge in [0.25, 0.3) is 10.0 Å². The maximum absolute atomic E-state index is 12.4. The van der Waals surface area contributed by atoms with E-state index < -0.39 is 10.0 Å². The lowest BCUT2D eigenvalue weighted by molar-refractivity contribution is 0.281. The predicted molar refractivity (Wildman–Crippen MR) is 81.1 cm³/mol. The molecule has 0 spiro atoms. The van der Waals surface area contributed by atoms with Crippen molar-refractivity contribution in [2.45, 2.75) is 63.1 Å². The molecule has 0 radical (unpaired) electrons. The minimum Gasteiger partial charge on any atom is -0.392 e. The van der Waals surface area contributed by atoms with E-state index in [9.17, 15) is 8.42 Å². The number of pyridine rings is 1. The first-order chi connectivity index (χ1) is 10.1. The predicted octanol–water partition coefficient (Wildman–Crippen LogP) is 2.21. The molecule has 0 aliphatic heterocycles. The van der Waals surface area contributed by atoms with E-state index in [1.54, 1.807) is 6.07 Å². The number of aliphatic hydroxyl groups is 1. The smallest absolute Gasteiger partial charge is 0.258 e. The van der Waals surface area contributed by atoms with Gasteiger partial charge in [0.05, 0.1) is 6.61 Å². The Bertz CT molecular complexity index is 537. The molecular weight excluding hydrogens is 288 g/mol. The summed E-state index contributed by atoms with van der Waals surface area (Å²) in [5.41, 5.74) is 0.605. The third kappa shape index (κ3) is 4.25. The summed E-state index contributed by atoms with van der Waals surface area (Å²) >= 11 is 0. The van der Waals surface area contributed by atoms with Gasteiger partial charge in [-0.15, -0.1) is 0 Å². The van der Waals surface area contributed by atoms with Gasteiger partial charge in [-0.2, -0.15) is 0 Å². The second kappa shape index (κ2) is 7.33. The van der Waals surface area contributed by atoms with Gasteiger partial charge in [-0.1, -0.05) is 32.3 Å². The molecule has 1 saturated carbocycles. The molecule has 1 atom stereocenters. The molecule has 1 aliphatic carbocycles. The maximum atomic E-state index is 12.4. The summed E-state index contributed by atoms with van der Waals surface area (Å²) in [4.78, 5) is 3.94. The molecular formula is C15H24N2O3S. The number of hydrogen-bond acceptors (Lipinski definition) is 4. The Hall–Kier alpha value is -0.980. The summed E-state index contributed by atoms with van der Waals surface area (Å²) in [6.45, 7) is 1.88. The fraction of sp³-hybridized carbons (Fsp3) is 0.667. The quantitative estimate of drug-likeness (QED) is 0.844. The minimum absolute atomic E-state index is 0.0189. The SMILES string of the molecule is CCC(NS(=O)(=O)c1ccc(CO)cn1)C1CCCCC1. The number of aliphatic hydroxyl groups excluding tert-OH is 1. The lowest BCUT2D eigenvalue weighted by atomic mass is 9.83. The van der Waals surface area contributed by atoms with Gasteiger partial charge in [-0.3, -0.25) is 0 Å². The number of hydrogen-bond donors (Lipinski definition) is 2. The highest BCUT2D eigenvalue weighted by Crippen LogP contribution is 2.28. The van der Waals surface area contributed by atoms with E-state index in [1.165, 1.54) is 31.5 Å². The van der Waals surface area contributed by atoms with Gasteiger partial charge in [0.2, 0.25) is 0 Å². The lowest BCUT2D eigenvalue weighted by Gasteiger charge is -2.29. The largest absolute Gasteiger partial charge is 0.392 e. The summed E-state index contributed by atoms with van der Waals surface area (Å²) in [5, 5.41) is 9.00. The van der Waals surface area contributed by atoms with Gasteiger partial charge >= 0.3 is 0 Å². The second-order valence-corrected chi connectivity index (χ2v) is 7.36. The van der Waals surface area contributed by atoms with Crippen LogP contribution in [0.5, 0.6) is 0 Å². The zero-order valence-electron chi connectivity index (χ0n) is 12.5. The van der Waals surface area contributed by atoms with Gasteiger partial charge in [0, 0.05) is 12.2 Å². The monoisotopic (exact) mass is 312 g/mol. The molecule has 0 saturated heterocycles. The zero-order valence-corrected chi connectivity index (χ0v) is 13.3. The number of rotatable bonds is 6. The van der Waals surface area contributed by atoms with Crippen LogP contribution < -0.4 is 4.72 Å². The third-order valence-corrected chi connectivity index (χ3v) is 5.63. The molecule has 1 unspecified atom stereocenters. The third-order valence-electron chi connectivity index (χ3n) is 4.22. The van der Waals surface area contributed by atoms with Crippen molar-refractivity contribution in [3.63, 3.8) is 0 Å². The number of sulfonamides is 1. The van der Waals surface area contributed by atoms with Crippen LogP contribution in [0, 0.1) is 5.92 Å². The standard InChI is InChI=1S/C15H24N2O3S/c1-2-14(13-6-4-3-5-7-13)17-21(19,20)15-9-8-12(11-18)10-16-15/h8-10,13-14,17-18H,2-7,11H2,1H3. The highest BCUT2D eigenvalue weighted by Gasteiger charge is 2.27. The highest BCUT2D eigenvalue weighted by atomic mass is 32.2. The van der Waals surface area contributed by atoms with E-state index in [0.717, 1.165) is 19.3 Å². The Morgan fingerprint density at radius 2 is 2.05 bits per heavy atom. The molecule has 0 aromatic carbocycles. The molecule has 2 rings (SSSR count). The van der Waals surface area contributed by atoms with Crippen molar-refractivity contribution < 1.29 is 13.5 Å². The molecule has 1 heterocycles. The summed E-state index contributed by atoms with van der Waals surface area (Å²) in [5.74, 6) is 0.426. The molecule has 1 aromatic rings. The van der Waals surface area contributed by atoms with E-state index in [0.29, 0.717) is 11.5 Å². The van der Waals surface area contributed by atoms with Gasteiger partial charge in [-0.05, 0) is 36.8 Å². The highest BCUT2D eigenvalue weighted by molar-refractivity contribution is 7.89. The molecule has 0 bridgehead atoms.